The van der Waals surface area contributed by atoms with Crippen molar-refractivity contribution in [3.05, 3.63) is 69.0 Å². The van der Waals surface area contributed by atoms with E-state index in [0.29, 0.717) is 39.4 Å². The normalized spacial score (nSPS) is 10.6. The van der Waals surface area contributed by atoms with Gasteiger partial charge in [-0.15, -0.1) is 10.2 Å². The number of aromatic nitrogens is 3. The number of amides is 2. The van der Waals surface area contributed by atoms with Crippen LogP contribution in [0.2, 0.25) is 5.02 Å². The van der Waals surface area contributed by atoms with Gasteiger partial charge in [-0.1, -0.05) is 41.6 Å². The summed E-state index contributed by atoms with van der Waals surface area (Å²) in [5.74, 6) is 0.107. The number of carbonyl (C=O) groups excluding carboxylic acids is 2. The molecular formula is C21H21ClN6O4S. The third-order valence-electron chi connectivity index (χ3n) is 4.67. The first-order chi connectivity index (χ1) is 15.7. The maximum Gasteiger partial charge on any atom is 0.274 e. The summed E-state index contributed by atoms with van der Waals surface area (Å²) in [5.41, 5.74) is 1.35. The Hall–Kier alpha value is -3.44. The first kappa shape index (κ1) is 24.2. The van der Waals surface area contributed by atoms with Crippen molar-refractivity contribution in [3.63, 3.8) is 0 Å². The minimum absolute atomic E-state index is 0.0423. The molecule has 3 rings (SSSR count). The molecule has 0 atom stereocenters. The van der Waals surface area contributed by atoms with E-state index in [2.05, 4.69) is 20.8 Å². The van der Waals surface area contributed by atoms with Crippen molar-refractivity contribution in [2.75, 3.05) is 16.4 Å². The molecule has 2 amide bonds. The number of halogens is 1. The molecule has 0 bridgehead atoms. The van der Waals surface area contributed by atoms with Crippen LogP contribution in [0, 0.1) is 17.0 Å². The highest BCUT2D eigenvalue weighted by Crippen LogP contribution is 2.23. The Morgan fingerprint density at radius 1 is 1.15 bits per heavy atom. The molecule has 33 heavy (non-hydrogen) atoms. The number of nitrogens with one attached hydrogen (secondary N) is 2. The maximum absolute atomic E-state index is 12.3. The number of nitro benzene ring substituents is 1. The zero-order chi connectivity index (χ0) is 24.0. The van der Waals surface area contributed by atoms with Gasteiger partial charge in [0.05, 0.1) is 21.4 Å². The average molecular weight is 489 g/mol. The smallest absolute Gasteiger partial charge is 0.274 e. The number of nitrogens with zero attached hydrogens (tertiary/aromatic N) is 4. The van der Waals surface area contributed by atoms with Crippen LogP contribution in [-0.2, 0) is 23.1 Å². The number of hydrogen-bond donors (Lipinski definition) is 2. The first-order valence-corrected chi connectivity index (χ1v) is 11.2. The van der Waals surface area contributed by atoms with Crippen LogP contribution in [0.1, 0.15) is 17.8 Å². The summed E-state index contributed by atoms with van der Waals surface area (Å²) in [5, 5.41) is 25.6. The van der Waals surface area contributed by atoms with Crippen LogP contribution in [0.5, 0.6) is 0 Å². The Kier molecular flexibility index (Phi) is 8.01. The van der Waals surface area contributed by atoms with Crippen LogP contribution in [0.15, 0.2) is 47.6 Å². The Morgan fingerprint density at radius 2 is 1.91 bits per heavy atom. The van der Waals surface area contributed by atoms with E-state index in [1.54, 1.807) is 54.9 Å². The summed E-state index contributed by atoms with van der Waals surface area (Å²) in [6.45, 7) is 1.63. The molecule has 1 heterocycles. The van der Waals surface area contributed by atoms with E-state index in [4.69, 9.17) is 11.6 Å². The van der Waals surface area contributed by atoms with Crippen LogP contribution in [0.3, 0.4) is 0 Å². The molecule has 2 N–H and O–H groups in total. The predicted octanol–water partition coefficient (Wildman–Crippen LogP) is 3.99. The largest absolute Gasteiger partial charge is 0.325 e. The molecule has 0 fully saturated rings. The summed E-state index contributed by atoms with van der Waals surface area (Å²) >= 11 is 7.22. The standard InChI is InChI=1S/C21H21ClN6O4S/c1-13-7-8-14(11-17(13)28(31)32)23-20(30)12-33-21-26-25-18(27(21)2)9-10-19(29)24-16-6-4-3-5-15(16)22/h3-8,11H,9-10,12H2,1-2H3,(H,23,30)(H,24,29). The minimum atomic E-state index is -0.491. The topological polar surface area (TPSA) is 132 Å². The molecule has 3 aromatic rings. The second-order valence-electron chi connectivity index (χ2n) is 7.08. The Labute approximate surface area is 198 Å². The molecule has 10 nitrogen and oxygen atoms in total. The monoisotopic (exact) mass is 488 g/mol. The quantitative estimate of drug-likeness (QED) is 0.264. The van der Waals surface area contributed by atoms with E-state index in [-0.39, 0.29) is 29.7 Å². The van der Waals surface area contributed by atoms with Crippen LogP contribution >= 0.6 is 23.4 Å². The molecule has 1 aromatic heterocycles. The SMILES string of the molecule is Cc1ccc(NC(=O)CSc2nnc(CCC(=O)Nc3ccccc3Cl)n2C)cc1[N+](=O)[O-]. The van der Waals surface area contributed by atoms with E-state index in [1.165, 1.54) is 17.8 Å². The van der Waals surface area contributed by atoms with Gasteiger partial charge in [-0.2, -0.15) is 0 Å². The molecule has 12 heteroatoms. The van der Waals surface area contributed by atoms with Gasteiger partial charge in [0.25, 0.3) is 5.69 Å². The van der Waals surface area contributed by atoms with Crippen LogP contribution in [-0.4, -0.2) is 37.3 Å². The van der Waals surface area contributed by atoms with E-state index >= 15 is 0 Å². The van der Waals surface area contributed by atoms with Crippen molar-refractivity contribution in [2.45, 2.75) is 24.9 Å². The van der Waals surface area contributed by atoms with Gasteiger partial charge < -0.3 is 15.2 Å². The number of hydrogen-bond acceptors (Lipinski definition) is 7. The molecule has 0 spiro atoms. The lowest BCUT2D eigenvalue weighted by molar-refractivity contribution is -0.385. The third kappa shape index (κ3) is 6.53. The molecule has 172 valence electrons. The van der Waals surface area contributed by atoms with E-state index in [1.807, 2.05) is 0 Å². The van der Waals surface area contributed by atoms with Crippen LogP contribution in [0.25, 0.3) is 0 Å². The second-order valence-corrected chi connectivity index (χ2v) is 8.43. The summed E-state index contributed by atoms with van der Waals surface area (Å²) in [6, 6.07) is 11.5. The number of aryl methyl sites for hydroxylation is 2. The molecule has 0 aliphatic carbocycles. The summed E-state index contributed by atoms with van der Waals surface area (Å²) < 4.78 is 1.72. The third-order valence-corrected chi connectivity index (χ3v) is 6.02. The Balaban J connectivity index is 1.51. The van der Waals surface area contributed by atoms with Crippen molar-refractivity contribution in [2.24, 2.45) is 7.05 Å². The van der Waals surface area contributed by atoms with Crippen molar-refractivity contribution >= 4 is 52.2 Å². The average Bonchev–Trinajstić information content (AvgIpc) is 3.13. The zero-order valence-corrected chi connectivity index (χ0v) is 19.4. The lowest BCUT2D eigenvalue weighted by Gasteiger charge is -2.07. The highest BCUT2D eigenvalue weighted by atomic mass is 35.5. The minimum Gasteiger partial charge on any atom is -0.325 e. The Bertz CT molecular complexity index is 1200. The number of para-hydroxylation sites is 1. The molecular weight excluding hydrogens is 468 g/mol. The van der Waals surface area contributed by atoms with Gasteiger partial charge in [-0.05, 0) is 25.1 Å². The highest BCUT2D eigenvalue weighted by molar-refractivity contribution is 7.99. The molecule has 0 saturated carbocycles. The van der Waals surface area contributed by atoms with Gasteiger partial charge in [0.2, 0.25) is 11.8 Å². The predicted molar refractivity (Wildman–Crippen MR) is 127 cm³/mol. The molecule has 0 aliphatic heterocycles. The Morgan fingerprint density at radius 3 is 2.64 bits per heavy atom. The van der Waals surface area contributed by atoms with Crippen molar-refractivity contribution < 1.29 is 14.5 Å². The number of anilines is 2. The van der Waals surface area contributed by atoms with Gasteiger partial charge in [0.1, 0.15) is 5.82 Å². The fourth-order valence-electron chi connectivity index (χ4n) is 2.90. The van der Waals surface area contributed by atoms with Crippen molar-refractivity contribution in [1.82, 2.24) is 14.8 Å². The van der Waals surface area contributed by atoms with E-state index in [9.17, 15) is 19.7 Å². The molecule has 2 aromatic carbocycles. The lowest BCUT2D eigenvalue weighted by Crippen LogP contribution is -2.15. The highest BCUT2D eigenvalue weighted by Gasteiger charge is 2.15. The molecule has 0 unspecified atom stereocenters. The lowest BCUT2D eigenvalue weighted by atomic mass is 10.2. The number of nitro groups is 1. The second kappa shape index (κ2) is 10.9. The van der Waals surface area contributed by atoms with Gasteiger partial charge in [-0.25, -0.2) is 0 Å². The number of thioether (sulfide) groups is 1. The number of rotatable bonds is 9. The maximum atomic E-state index is 12.3. The van der Waals surface area contributed by atoms with Crippen LogP contribution < -0.4 is 10.6 Å². The first-order valence-electron chi connectivity index (χ1n) is 9.85. The number of benzene rings is 2. The molecule has 0 aliphatic rings. The number of carbonyl (C=O) groups is 2. The van der Waals surface area contributed by atoms with E-state index < -0.39 is 4.92 Å². The fourth-order valence-corrected chi connectivity index (χ4v) is 3.81. The van der Waals surface area contributed by atoms with Gasteiger partial charge in [0.15, 0.2) is 5.16 Å². The fraction of sp³-hybridized carbons (Fsp3) is 0.238. The zero-order valence-electron chi connectivity index (χ0n) is 17.9. The van der Waals surface area contributed by atoms with Crippen molar-refractivity contribution in [3.8, 4) is 0 Å². The summed E-state index contributed by atoms with van der Waals surface area (Å²) in [7, 11) is 1.75. The van der Waals surface area contributed by atoms with Gasteiger partial charge in [-0.3, -0.25) is 19.7 Å². The van der Waals surface area contributed by atoms with Crippen LogP contribution in [0.4, 0.5) is 17.1 Å². The van der Waals surface area contributed by atoms with Gasteiger partial charge >= 0.3 is 0 Å². The summed E-state index contributed by atoms with van der Waals surface area (Å²) in [4.78, 5) is 35.0. The van der Waals surface area contributed by atoms with E-state index in [0.717, 1.165) is 0 Å². The molecule has 0 saturated heterocycles. The summed E-state index contributed by atoms with van der Waals surface area (Å²) in [6.07, 6.45) is 0.550. The van der Waals surface area contributed by atoms with Crippen molar-refractivity contribution in [1.29, 1.82) is 0 Å². The molecule has 0 radical (unpaired) electrons. The van der Waals surface area contributed by atoms with Gasteiger partial charge in [0, 0.05) is 37.2 Å².